The van der Waals surface area contributed by atoms with Crippen molar-refractivity contribution in [3.63, 3.8) is 0 Å². The van der Waals surface area contributed by atoms with Crippen molar-refractivity contribution < 1.29 is 0 Å². The average Bonchev–Trinajstić information content (AvgIpc) is 3.63. The minimum atomic E-state index is -0.122. The van der Waals surface area contributed by atoms with E-state index in [-0.39, 0.29) is 17.0 Å². The number of halogens is 1. The van der Waals surface area contributed by atoms with Gasteiger partial charge in [0.05, 0.1) is 22.4 Å². The Morgan fingerprint density at radius 1 is 1.14 bits per heavy atom. The van der Waals surface area contributed by atoms with E-state index < -0.39 is 0 Å². The van der Waals surface area contributed by atoms with E-state index in [0.717, 1.165) is 49.4 Å². The highest BCUT2D eigenvalue weighted by Gasteiger charge is 2.31. The van der Waals surface area contributed by atoms with Crippen molar-refractivity contribution in [2.45, 2.75) is 58.0 Å². The van der Waals surface area contributed by atoms with Crippen molar-refractivity contribution >= 4 is 34.3 Å². The van der Waals surface area contributed by atoms with Crippen molar-refractivity contribution in [3.05, 3.63) is 68.9 Å². The summed E-state index contributed by atoms with van der Waals surface area (Å²) in [5, 5.41) is 7.81. The fraction of sp³-hybridized carbons (Fsp3) is 0.385. The van der Waals surface area contributed by atoms with Crippen LogP contribution in [0.5, 0.6) is 0 Å². The van der Waals surface area contributed by atoms with Gasteiger partial charge in [0.15, 0.2) is 5.65 Å². The first-order valence-electron chi connectivity index (χ1n) is 12.1. The third-order valence-corrected chi connectivity index (χ3v) is 7.01. The molecule has 8 nitrogen and oxygen atoms in total. The Morgan fingerprint density at radius 3 is 2.74 bits per heavy atom. The normalized spacial score (nSPS) is 15.9. The first-order valence-corrected chi connectivity index (χ1v) is 12.4. The Bertz CT molecular complexity index is 1510. The highest BCUT2D eigenvalue weighted by atomic mass is 35.5. The van der Waals surface area contributed by atoms with Gasteiger partial charge in [0.1, 0.15) is 5.39 Å². The van der Waals surface area contributed by atoms with E-state index >= 15 is 0 Å². The third-order valence-electron chi connectivity index (χ3n) is 6.69. The molecule has 1 fully saturated rings. The van der Waals surface area contributed by atoms with Crippen LogP contribution in [-0.4, -0.2) is 30.9 Å². The van der Waals surface area contributed by atoms with Crippen LogP contribution in [0.15, 0.2) is 41.5 Å². The molecule has 1 saturated carbocycles. The monoisotopic (exact) mass is 489 g/mol. The summed E-state index contributed by atoms with van der Waals surface area (Å²) in [4.78, 5) is 27.2. The van der Waals surface area contributed by atoms with E-state index in [1.165, 1.54) is 11.1 Å². The van der Waals surface area contributed by atoms with E-state index in [2.05, 4.69) is 47.4 Å². The van der Waals surface area contributed by atoms with Gasteiger partial charge in [0.2, 0.25) is 5.95 Å². The summed E-state index contributed by atoms with van der Waals surface area (Å²) in [5.74, 6) is 0.398. The number of pyridine rings is 1. The highest BCUT2D eigenvalue weighted by molar-refractivity contribution is 6.33. The molecule has 9 heteroatoms. The lowest BCUT2D eigenvalue weighted by atomic mass is 9.91. The summed E-state index contributed by atoms with van der Waals surface area (Å²) in [6.45, 7) is 8.15. The van der Waals surface area contributed by atoms with E-state index in [0.29, 0.717) is 22.0 Å². The summed E-state index contributed by atoms with van der Waals surface area (Å²) in [7, 11) is 0. The summed E-state index contributed by atoms with van der Waals surface area (Å²) >= 11 is 6.59. The number of rotatable bonds is 4. The van der Waals surface area contributed by atoms with Gasteiger partial charge in [0, 0.05) is 30.0 Å². The number of hydrogen-bond acceptors (Lipinski definition) is 6. The van der Waals surface area contributed by atoms with Crippen molar-refractivity contribution in [1.82, 2.24) is 29.6 Å². The lowest BCUT2D eigenvalue weighted by Gasteiger charge is -2.20. The third kappa shape index (κ3) is 4.00. The molecule has 1 aromatic carbocycles. The van der Waals surface area contributed by atoms with E-state index in [1.54, 1.807) is 12.4 Å². The minimum absolute atomic E-state index is 0.0685. The topological polar surface area (TPSA) is 89.7 Å². The first kappa shape index (κ1) is 22.2. The van der Waals surface area contributed by atoms with Crippen molar-refractivity contribution in [2.75, 3.05) is 11.9 Å². The number of aromatic nitrogens is 5. The molecule has 35 heavy (non-hydrogen) atoms. The molecule has 0 radical (unpaired) electrons. The molecular weight excluding hydrogens is 462 g/mol. The Balaban J connectivity index is 1.48. The van der Waals surface area contributed by atoms with Crippen LogP contribution in [0.2, 0.25) is 5.02 Å². The molecule has 0 bridgehead atoms. The standard InChI is InChI=1S/C26H28ClN7O/c1-26(2,3)22-12-18(7-9-29-22)33-23-19(24(35)34(33)17-4-5-17)14-30-25(32-23)31-21-11-16-13-28-8-6-15(16)10-20(21)27/h7,9-12,14,17,28H,4-6,8,13H2,1-3H3,(H,30,31,32). The Hall–Kier alpha value is -3.23. The van der Waals surface area contributed by atoms with Crippen LogP contribution in [0.4, 0.5) is 11.6 Å². The number of nitrogens with zero attached hydrogens (tertiary/aromatic N) is 5. The first-order chi connectivity index (χ1) is 16.8. The maximum atomic E-state index is 13.4. The number of nitrogens with one attached hydrogen (secondary N) is 2. The van der Waals surface area contributed by atoms with Crippen LogP contribution in [0.25, 0.3) is 16.7 Å². The second-order valence-corrected chi connectivity index (χ2v) is 10.8. The summed E-state index contributed by atoms with van der Waals surface area (Å²) < 4.78 is 3.75. The SMILES string of the molecule is CC(C)(C)c1cc(-n2c3nc(Nc4cc5c(cc4Cl)CCNC5)ncc3c(=O)n2C2CC2)ccn1. The Morgan fingerprint density at radius 2 is 1.97 bits per heavy atom. The van der Waals surface area contributed by atoms with E-state index in [1.807, 2.05) is 27.6 Å². The fourth-order valence-corrected chi connectivity index (χ4v) is 4.87. The number of benzene rings is 1. The predicted octanol–water partition coefficient (Wildman–Crippen LogP) is 4.65. The lowest BCUT2D eigenvalue weighted by molar-refractivity contribution is 0.549. The minimum Gasteiger partial charge on any atom is -0.323 e. The van der Waals surface area contributed by atoms with Gasteiger partial charge < -0.3 is 10.6 Å². The molecule has 6 rings (SSSR count). The molecule has 0 unspecified atom stereocenters. The summed E-state index contributed by atoms with van der Waals surface area (Å²) in [6.07, 6.45) is 6.32. The van der Waals surface area contributed by atoms with Crippen LogP contribution < -0.4 is 16.2 Å². The van der Waals surface area contributed by atoms with E-state index in [4.69, 9.17) is 16.6 Å². The molecule has 1 aliphatic carbocycles. The smallest absolute Gasteiger partial charge is 0.278 e. The fourth-order valence-electron chi connectivity index (χ4n) is 4.64. The van der Waals surface area contributed by atoms with Crippen LogP contribution in [-0.2, 0) is 18.4 Å². The van der Waals surface area contributed by atoms with Gasteiger partial charge in [-0.1, -0.05) is 32.4 Å². The van der Waals surface area contributed by atoms with Gasteiger partial charge in [-0.3, -0.25) is 9.78 Å². The molecular formula is C26H28ClN7O. The van der Waals surface area contributed by atoms with Crippen molar-refractivity contribution in [3.8, 4) is 5.69 Å². The van der Waals surface area contributed by atoms with Crippen LogP contribution in [0, 0.1) is 0 Å². The van der Waals surface area contributed by atoms with Crippen LogP contribution in [0.3, 0.4) is 0 Å². The molecule has 1 aliphatic heterocycles. The highest BCUT2D eigenvalue weighted by Crippen LogP contribution is 2.36. The second-order valence-electron chi connectivity index (χ2n) is 10.4. The molecule has 180 valence electrons. The average molecular weight is 490 g/mol. The quantitative estimate of drug-likeness (QED) is 0.433. The van der Waals surface area contributed by atoms with Gasteiger partial charge >= 0.3 is 0 Å². The van der Waals surface area contributed by atoms with Gasteiger partial charge in [0.25, 0.3) is 5.56 Å². The molecule has 4 heterocycles. The zero-order valence-electron chi connectivity index (χ0n) is 20.1. The lowest BCUT2D eigenvalue weighted by Crippen LogP contribution is -2.23. The van der Waals surface area contributed by atoms with Gasteiger partial charge in [-0.05, 0) is 61.2 Å². The number of fused-ring (bicyclic) bond motifs is 2. The maximum absolute atomic E-state index is 13.4. The Labute approximate surface area is 208 Å². The molecule has 4 aromatic rings. The van der Waals surface area contributed by atoms with Crippen molar-refractivity contribution in [2.24, 2.45) is 0 Å². The summed E-state index contributed by atoms with van der Waals surface area (Å²) in [6, 6.07) is 8.21. The predicted molar refractivity (Wildman–Crippen MR) is 138 cm³/mol. The molecule has 3 aromatic heterocycles. The van der Waals surface area contributed by atoms with Crippen LogP contribution in [0.1, 0.15) is 56.5 Å². The second kappa shape index (κ2) is 8.17. The maximum Gasteiger partial charge on any atom is 0.278 e. The largest absolute Gasteiger partial charge is 0.323 e. The molecule has 0 saturated heterocycles. The Kier molecular flexibility index (Phi) is 5.19. The van der Waals surface area contributed by atoms with Gasteiger partial charge in [-0.25, -0.2) is 14.3 Å². The molecule has 0 spiro atoms. The van der Waals surface area contributed by atoms with Crippen LogP contribution >= 0.6 is 11.6 Å². The summed E-state index contributed by atoms with van der Waals surface area (Å²) in [5.41, 5.74) is 5.43. The van der Waals surface area contributed by atoms with Gasteiger partial charge in [-0.2, -0.15) is 4.98 Å². The molecule has 2 N–H and O–H groups in total. The number of hydrogen-bond donors (Lipinski definition) is 2. The van der Waals surface area contributed by atoms with Gasteiger partial charge in [-0.15, -0.1) is 0 Å². The number of anilines is 2. The zero-order chi connectivity index (χ0) is 24.3. The molecule has 0 atom stereocenters. The zero-order valence-corrected chi connectivity index (χ0v) is 20.9. The van der Waals surface area contributed by atoms with Crippen molar-refractivity contribution in [1.29, 1.82) is 0 Å². The molecule has 0 amide bonds. The molecule has 2 aliphatic rings. The van der Waals surface area contributed by atoms with E-state index in [9.17, 15) is 4.79 Å².